The van der Waals surface area contributed by atoms with Gasteiger partial charge in [0.15, 0.2) is 0 Å². The summed E-state index contributed by atoms with van der Waals surface area (Å²) < 4.78 is 22.1. The molecule has 0 aliphatic carbocycles. The van der Waals surface area contributed by atoms with Crippen molar-refractivity contribution < 1.29 is 23.1 Å². The van der Waals surface area contributed by atoms with Crippen molar-refractivity contribution in [3.8, 4) is 0 Å². The van der Waals surface area contributed by atoms with E-state index in [1.54, 1.807) is 0 Å². The number of amides is 1. The Morgan fingerprint density at radius 3 is 2.63 bits per heavy atom. The Hall–Kier alpha value is -1.96. The van der Waals surface area contributed by atoms with Gasteiger partial charge in [0.1, 0.15) is 15.5 Å². The van der Waals surface area contributed by atoms with Crippen molar-refractivity contribution in [3.63, 3.8) is 0 Å². The molecular formula is C11H14N2O5S. The first kappa shape index (κ1) is 15.1. The number of carbonyl (C=O) groups excluding carboxylic acids is 1. The molecule has 0 aromatic carbocycles. The molecule has 1 amide bonds. The maximum Gasteiger partial charge on any atom is 0.338 e. The van der Waals surface area contributed by atoms with E-state index in [1.807, 2.05) is 0 Å². The summed E-state index contributed by atoms with van der Waals surface area (Å²) in [5.74, 6) is -2.21. The average molecular weight is 286 g/mol. The second kappa shape index (κ2) is 5.79. The number of nitrogens with zero attached hydrogens (tertiary/aromatic N) is 1. The van der Waals surface area contributed by atoms with Gasteiger partial charge in [-0.05, 0) is 19.1 Å². The highest BCUT2D eigenvalue weighted by Gasteiger charge is 2.20. The molecule has 2 N–H and O–H groups in total. The van der Waals surface area contributed by atoms with Crippen LogP contribution in [0.2, 0.25) is 0 Å². The number of carbonyl (C=O) groups is 2. The monoisotopic (exact) mass is 286 g/mol. The lowest BCUT2D eigenvalue weighted by molar-refractivity contribution is 0.0689. The lowest BCUT2D eigenvalue weighted by Crippen LogP contribution is -2.38. The Labute approximate surface area is 110 Å². The van der Waals surface area contributed by atoms with E-state index in [9.17, 15) is 18.0 Å². The molecule has 104 valence electrons. The third kappa shape index (κ3) is 4.66. The van der Waals surface area contributed by atoms with Gasteiger partial charge < -0.3 is 10.4 Å². The van der Waals surface area contributed by atoms with Crippen LogP contribution in [0.3, 0.4) is 0 Å². The van der Waals surface area contributed by atoms with Crippen molar-refractivity contribution >= 4 is 21.7 Å². The molecule has 0 aliphatic rings. The van der Waals surface area contributed by atoms with Crippen LogP contribution in [-0.2, 0) is 9.84 Å². The fourth-order valence-corrected chi connectivity index (χ4v) is 2.54. The minimum Gasteiger partial charge on any atom is -0.478 e. The van der Waals surface area contributed by atoms with E-state index >= 15 is 0 Å². The predicted molar refractivity (Wildman–Crippen MR) is 67.8 cm³/mol. The molecule has 0 saturated carbocycles. The number of rotatable bonds is 5. The Morgan fingerprint density at radius 1 is 1.47 bits per heavy atom. The highest BCUT2D eigenvalue weighted by molar-refractivity contribution is 7.90. The van der Waals surface area contributed by atoms with Gasteiger partial charge in [0.2, 0.25) is 0 Å². The molecular weight excluding hydrogens is 272 g/mol. The summed E-state index contributed by atoms with van der Waals surface area (Å²) >= 11 is 0. The number of hydrogen-bond acceptors (Lipinski definition) is 5. The highest BCUT2D eigenvalue weighted by Crippen LogP contribution is 2.05. The molecule has 1 aromatic rings. The van der Waals surface area contributed by atoms with Gasteiger partial charge in [-0.3, -0.25) is 9.78 Å². The summed E-state index contributed by atoms with van der Waals surface area (Å²) in [6.07, 6.45) is 2.35. The van der Waals surface area contributed by atoms with Crippen molar-refractivity contribution in [2.75, 3.05) is 12.0 Å². The van der Waals surface area contributed by atoms with E-state index < -0.39 is 27.8 Å². The van der Waals surface area contributed by atoms with Gasteiger partial charge in [-0.2, -0.15) is 0 Å². The van der Waals surface area contributed by atoms with Crippen LogP contribution in [0.5, 0.6) is 0 Å². The van der Waals surface area contributed by atoms with E-state index in [0.717, 1.165) is 6.26 Å². The quantitative estimate of drug-likeness (QED) is 0.784. The van der Waals surface area contributed by atoms with Gasteiger partial charge in [0.05, 0.1) is 11.3 Å². The van der Waals surface area contributed by atoms with Gasteiger partial charge in [0.25, 0.3) is 5.91 Å². The van der Waals surface area contributed by atoms with Crippen LogP contribution in [-0.4, -0.2) is 48.4 Å². The fourth-order valence-electron chi connectivity index (χ4n) is 1.55. The van der Waals surface area contributed by atoms with Crippen LogP contribution < -0.4 is 5.32 Å². The normalized spacial score (nSPS) is 12.7. The van der Waals surface area contributed by atoms with Crippen LogP contribution in [0, 0.1) is 0 Å². The molecule has 1 aromatic heterocycles. The highest BCUT2D eigenvalue weighted by atomic mass is 32.2. The van der Waals surface area contributed by atoms with Crippen LogP contribution in [0.1, 0.15) is 27.8 Å². The lowest BCUT2D eigenvalue weighted by Gasteiger charge is -2.13. The summed E-state index contributed by atoms with van der Waals surface area (Å²) in [4.78, 5) is 26.5. The molecule has 0 radical (unpaired) electrons. The Bertz CT molecular complexity index is 597. The molecule has 0 spiro atoms. The summed E-state index contributed by atoms with van der Waals surface area (Å²) in [5, 5.41) is 11.3. The summed E-state index contributed by atoms with van der Waals surface area (Å²) in [7, 11) is -3.23. The molecule has 0 fully saturated rings. The topological polar surface area (TPSA) is 113 Å². The Balaban J connectivity index is 2.87. The number of sulfone groups is 1. The van der Waals surface area contributed by atoms with Crippen molar-refractivity contribution in [1.82, 2.24) is 10.3 Å². The molecule has 1 unspecified atom stereocenters. The maximum absolute atomic E-state index is 11.8. The third-order valence-corrected chi connectivity index (χ3v) is 3.29. The standard InChI is InChI=1S/C11H14N2O5S/c1-7(6-19(2,17)18)13-10(14)9-8(11(15)16)4-3-5-12-9/h3-5,7H,6H2,1-2H3,(H,13,14)(H,15,16). The average Bonchev–Trinajstić information content (AvgIpc) is 2.26. The zero-order valence-corrected chi connectivity index (χ0v) is 11.3. The molecule has 1 heterocycles. The van der Waals surface area contributed by atoms with Crippen LogP contribution in [0.15, 0.2) is 18.3 Å². The number of nitrogens with one attached hydrogen (secondary N) is 1. The van der Waals surface area contributed by atoms with E-state index in [0.29, 0.717) is 0 Å². The lowest BCUT2D eigenvalue weighted by atomic mass is 10.2. The van der Waals surface area contributed by atoms with Gasteiger partial charge in [-0.15, -0.1) is 0 Å². The van der Waals surface area contributed by atoms with E-state index in [4.69, 9.17) is 5.11 Å². The smallest absolute Gasteiger partial charge is 0.338 e. The van der Waals surface area contributed by atoms with Gasteiger partial charge in [0, 0.05) is 18.5 Å². The van der Waals surface area contributed by atoms with E-state index in [2.05, 4.69) is 10.3 Å². The molecule has 7 nitrogen and oxygen atoms in total. The summed E-state index contributed by atoms with van der Waals surface area (Å²) in [5.41, 5.74) is -0.470. The largest absolute Gasteiger partial charge is 0.478 e. The predicted octanol–water partition coefficient (Wildman–Crippen LogP) is -0.0573. The molecule has 0 bridgehead atoms. The minimum atomic E-state index is -3.23. The van der Waals surface area contributed by atoms with E-state index in [1.165, 1.54) is 25.3 Å². The number of carboxylic acid groups (broad SMARTS) is 1. The third-order valence-electron chi connectivity index (χ3n) is 2.18. The number of aromatic nitrogens is 1. The fraction of sp³-hybridized carbons (Fsp3) is 0.364. The number of pyridine rings is 1. The van der Waals surface area contributed by atoms with Gasteiger partial charge >= 0.3 is 5.97 Å². The van der Waals surface area contributed by atoms with Gasteiger partial charge in [-0.25, -0.2) is 13.2 Å². The van der Waals surface area contributed by atoms with E-state index in [-0.39, 0.29) is 17.0 Å². The second-order valence-electron chi connectivity index (χ2n) is 4.17. The second-order valence-corrected chi connectivity index (χ2v) is 6.36. The first-order chi connectivity index (χ1) is 8.70. The SMILES string of the molecule is CC(CS(C)(=O)=O)NC(=O)c1ncccc1C(=O)O. The van der Waals surface area contributed by atoms with Crippen molar-refractivity contribution in [3.05, 3.63) is 29.6 Å². The van der Waals surface area contributed by atoms with Crippen LogP contribution in [0.25, 0.3) is 0 Å². The molecule has 0 saturated heterocycles. The minimum absolute atomic E-state index is 0.228. The van der Waals surface area contributed by atoms with Crippen molar-refractivity contribution in [1.29, 1.82) is 0 Å². The number of aromatic carboxylic acids is 1. The molecule has 0 aliphatic heterocycles. The molecule has 8 heteroatoms. The van der Waals surface area contributed by atoms with Gasteiger partial charge in [-0.1, -0.05) is 0 Å². The zero-order valence-electron chi connectivity index (χ0n) is 10.5. The van der Waals surface area contributed by atoms with Crippen molar-refractivity contribution in [2.45, 2.75) is 13.0 Å². The summed E-state index contributed by atoms with van der Waals surface area (Å²) in [6, 6.07) is 2.03. The number of hydrogen-bond donors (Lipinski definition) is 2. The first-order valence-electron chi connectivity index (χ1n) is 5.37. The van der Waals surface area contributed by atoms with Crippen LogP contribution in [0.4, 0.5) is 0 Å². The van der Waals surface area contributed by atoms with Crippen molar-refractivity contribution in [2.24, 2.45) is 0 Å². The Kier molecular flexibility index (Phi) is 4.60. The maximum atomic E-state index is 11.8. The van der Waals surface area contributed by atoms with Crippen LogP contribution >= 0.6 is 0 Å². The molecule has 1 rings (SSSR count). The Morgan fingerprint density at radius 2 is 2.11 bits per heavy atom. The summed E-state index contributed by atoms with van der Waals surface area (Å²) in [6.45, 7) is 1.52. The molecule has 1 atom stereocenters. The molecule has 19 heavy (non-hydrogen) atoms. The number of carboxylic acids is 1. The zero-order chi connectivity index (χ0) is 14.6. The first-order valence-corrected chi connectivity index (χ1v) is 7.43.